The minimum Gasteiger partial charge on any atom is -0.228 e. The van der Waals surface area contributed by atoms with Crippen LogP contribution in [0.2, 0.25) is 0 Å². The van der Waals surface area contributed by atoms with Gasteiger partial charge in [0.1, 0.15) is 0 Å². The molecular formula is C64H44N2. The van der Waals surface area contributed by atoms with E-state index in [1.54, 1.807) is 0 Å². The maximum atomic E-state index is 5.24. The maximum Gasteiger partial charge on any atom is 0.160 e. The Morgan fingerprint density at radius 1 is 0.273 bits per heavy atom. The van der Waals surface area contributed by atoms with E-state index in [1.165, 1.54) is 77.7 Å². The Morgan fingerprint density at radius 3 is 1.23 bits per heavy atom. The first-order valence-electron chi connectivity index (χ1n) is 22.7. The summed E-state index contributed by atoms with van der Waals surface area (Å²) in [7, 11) is 0. The first-order chi connectivity index (χ1) is 32.6. The standard InChI is InChI=1S/C64H44N2/c1-64(52-22-12-5-13-23-52)59-40-50(44-18-8-3-9-19-44)34-36-56(59)57-37-35-51(41-60(57)64)46-26-30-47(31-27-46)53-38-39-58(55-25-15-14-24-54(53)55)62-42-61(65-63(66-62)49-20-10-4-11-21-49)48-32-28-45(29-33-48)43-16-6-2-7-17-43/h2-42H,1H3. The molecule has 0 saturated carbocycles. The molecule has 310 valence electrons. The molecule has 0 spiro atoms. The molecule has 2 heteroatoms. The highest BCUT2D eigenvalue weighted by molar-refractivity contribution is 6.05. The van der Waals surface area contributed by atoms with Crippen molar-refractivity contribution in [3.8, 4) is 89.5 Å². The Hall–Kier alpha value is -8.46. The van der Waals surface area contributed by atoms with Gasteiger partial charge in [-0.05, 0) is 108 Å². The van der Waals surface area contributed by atoms with E-state index in [0.717, 1.165) is 33.5 Å². The van der Waals surface area contributed by atoms with Crippen molar-refractivity contribution in [2.45, 2.75) is 12.3 Å². The molecule has 1 aliphatic carbocycles. The van der Waals surface area contributed by atoms with Crippen molar-refractivity contribution in [1.82, 2.24) is 9.97 Å². The molecule has 0 saturated heterocycles. The van der Waals surface area contributed by atoms with E-state index in [4.69, 9.17) is 9.97 Å². The second-order valence-electron chi connectivity index (χ2n) is 17.4. The number of hydrogen-bond donors (Lipinski definition) is 0. The molecule has 0 radical (unpaired) electrons. The molecule has 11 aromatic rings. The SMILES string of the molecule is CC1(c2ccccc2)c2cc(-c3ccccc3)ccc2-c2ccc(-c3ccc(-c4ccc(-c5cc(-c6ccc(-c7ccccc7)cc6)nc(-c6ccccc6)n5)c5ccccc45)cc3)cc21. The molecule has 2 nitrogen and oxygen atoms in total. The zero-order valence-corrected chi connectivity index (χ0v) is 36.6. The lowest BCUT2D eigenvalue weighted by molar-refractivity contribution is 0.714. The summed E-state index contributed by atoms with van der Waals surface area (Å²) < 4.78 is 0. The fourth-order valence-electron chi connectivity index (χ4n) is 10.1. The Morgan fingerprint density at radius 2 is 0.652 bits per heavy atom. The van der Waals surface area contributed by atoms with Gasteiger partial charge in [0.15, 0.2) is 5.82 Å². The van der Waals surface area contributed by atoms with Crippen LogP contribution in [0.1, 0.15) is 23.6 Å². The number of benzene rings is 10. The predicted octanol–water partition coefficient (Wildman–Crippen LogP) is 16.6. The van der Waals surface area contributed by atoms with Crippen molar-refractivity contribution in [1.29, 1.82) is 0 Å². The van der Waals surface area contributed by atoms with Crippen LogP contribution in [0.3, 0.4) is 0 Å². The Bertz CT molecular complexity index is 3550. The van der Waals surface area contributed by atoms with E-state index < -0.39 is 0 Å². The van der Waals surface area contributed by atoms with Crippen LogP contribution in [-0.2, 0) is 5.41 Å². The van der Waals surface area contributed by atoms with E-state index in [9.17, 15) is 0 Å². The van der Waals surface area contributed by atoms with Gasteiger partial charge in [0, 0.05) is 22.1 Å². The van der Waals surface area contributed by atoms with Crippen LogP contribution < -0.4 is 0 Å². The number of rotatable bonds is 8. The van der Waals surface area contributed by atoms with Crippen LogP contribution in [-0.4, -0.2) is 9.97 Å². The summed E-state index contributed by atoms with van der Waals surface area (Å²) in [4.78, 5) is 10.4. The van der Waals surface area contributed by atoms with Gasteiger partial charge in [-0.25, -0.2) is 9.97 Å². The lowest BCUT2D eigenvalue weighted by Crippen LogP contribution is -2.22. The number of nitrogens with zero attached hydrogens (tertiary/aromatic N) is 2. The number of fused-ring (bicyclic) bond motifs is 4. The van der Waals surface area contributed by atoms with E-state index in [2.05, 4.69) is 237 Å². The molecule has 0 N–H and O–H groups in total. The third-order valence-electron chi connectivity index (χ3n) is 13.6. The first kappa shape index (κ1) is 39.2. The highest BCUT2D eigenvalue weighted by Crippen LogP contribution is 2.54. The fraction of sp³-hybridized carbons (Fsp3) is 0.0312. The summed E-state index contributed by atoms with van der Waals surface area (Å²) in [6.07, 6.45) is 0. The zero-order valence-electron chi connectivity index (χ0n) is 36.6. The van der Waals surface area contributed by atoms with Crippen LogP contribution >= 0.6 is 0 Å². The highest BCUT2D eigenvalue weighted by atomic mass is 14.9. The summed E-state index contributed by atoms with van der Waals surface area (Å²) >= 11 is 0. The van der Waals surface area contributed by atoms with Gasteiger partial charge in [-0.2, -0.15) is 0 Å². The molecule has 1 aliphatic rings. The van der Waals surface area contributed by atoms with E-state index in [0.29, 0.717) is 5.82 Å². The van der Waals surface area contributed by atoms with Gasteiger partial charge in [0.2, 0.25) is 0 Å². The molecule has 12 rings (SSSR count). The molecule has 1 unspecified atom stereocenters. The first-order valence-corrected chi connectivity index (χ1v) is 22.7. The number of hydrogen-bond acceptors (Lipinski definition) is 2. The molecular weight excluding hydrogens is 797 g/mol. The van der Waals surface area contributed by atoms with Crippen LogP contribution in [0.15, 0.2) is 249 Å². The Kier molecular flexibility index (Phi) is 9.65. The average Bonchev–Trinajstić information content (AvgIpc) is 3.66. The lowest BCUT2D eigenvalue weighted by Gasteiger charge is -2.29. The second-order valence-corrected chi connectivity index (χ2v) is 17.4. The lowest BCUT2D eigenvalue weighted by atomic mass is 9.73. The number of aromatic nitrogens is 2. The van der Waals surface area contributed by atoms with Crippen molar-refractivity contribution in [2.75, 3.05) is 0 Å². The fourth-order valence-corrected chi connectivity index (χ4v) is 10.1. The second kappa shape index (κ2) is 16.3. The van der Waals surface area contributed by atoms with E-state index >= 15 is 0 Å². The monoisotopic (exact) mass is 840 g/mol. The predicted molar refractivity (Wildman–Crippen MR) is 275 cm³/mol. The Balaban J connectivity index is 0.907. The highest BCUT2D eigenvalue weighted by Gasteiger charge is 2.41. The normalized spacial score (nSPS) is 13.9. The molecule has 0 fully saturated rings. The summed E-state index contributed by atoms with van der Waals surface area (Å²) in [5.41, 5.74) is 20.8. The summed E-state index contributed by atoms with van der Waals surface area (Å²) in [6, 6.07) is 89.7. The van der Waals surface area contributed by atoms with Crippen molar-refractivity contribution in [3.63, 3.8) is 0 Å². The van der Waals surface area contributed by atoms with Gasteiger partial charge in [0.25, 0.3) is 0 Å². The Labute approximate surface area is 386 Å². The van der Waals surface area contributed by atoms with Gasteiger partial charge < -0.3 is 0 Å². The van der Waals surface area contributed by atoms with Crippen molar-refractivity contribution in [3.05, 3.63) is 265 Å². The van der Waals surface area contributed by atoms with Gasteiger partial charge in [-0.3, -0.25) is 0 Å². The van der Waals surface area contributed by atoms with E-state index in [-0.39, 0.29) is 5.41 Å². The van der Waals surface area contributed by atoms with Gasteiger partial charge in [-0.15, -0.1) is 0 Å². The molecule has 0 bridgehead atoms. The largest absolute Gasteiger partial charge is 0.228 e. The summed E-state index contributed by atoms with van der Waals surface area (Å²) in [5, 5.41) is 2.33. The third kappa shape index (κ3) is 6.83. The topological polar surface area (TPSA) is 25.8 Å². The summed E-state index contributed by atoms with van der Waals surface area (Å²) in [5.74, 6) is 0.704. The van der Waals surface area contributed by atoms with E-state index in [1.807, 2.05) is 18.2 Å². The molecule has 66 heavy (non-hydrogen) atoms. The van der Waals surface area contributed by atoms with Crippen LogP contribution in [0.4, 0.5) is 0 Å². The summed E-state index contributed by atoms with van der Waals surface area (Å²) in [6.45, 7) is 2.40. The molecule has 0 aliphatic heterocycles. The van der Waals surface area contributed by atoms with Crippen LogP contribution in [0.25, 0.3) is 100 Å². The molecule has 10 aromatic carbocycles. The third-order valence-corrected chi connectivity index (χ3v) is 13.6. The van der Waals surface area contributed by atoms with Crippen molar-refractivity contribution in [2.24, 2.45) is 0 Å². The van der Waals surface area contributed by atoms with Crippen LogP contribution in [0.5, 0.6) is 0 Å². The smallest absolute Gasteiger partial charge is 0.160 e. The van der Waals surface area contributed by atoms with Crippen LogP contribution in [0, 0.1) is 0 Å². The molecule has 0 amide bonds. The average molecular weight is 841 g/mol. The van der Waals surface area contributed by atoms with Crippen molar-refractivity contribution < 1.29 is 0 Å². The zero-order chi connectivity index (χ0) is 44.0. The van der Waals surface area contributed by atoms with Gasteiger partial charge in [0.05, 0.1) is 11.4 Å². The van der Waals surface area contributed by atoms with Gasteiger partial charge >= 0.3 is 0 Å². The maximum absolute atomic E-state index is 5.24. The minimum absolute atomic E-state index is 0.313. The molecule has 1 atom stereocenters. The molecule has 1 heterocycles. The van der Waals surface area contributed by atoms with Crippen molar-refractivity contribution >= 4 is 10.8 Å². The van der Waals surface area contributed by atoms with Gasteiger partial charge in [-0.1, -0.05) is 231 Å². The quantitative estimate of drug-likeness (QED) is 0.152. The minimum atomic E-state index is -0.313. The molecule has 1 aromatic heterocycles.